The molecule has 0 amide bonds. The van der Waals surface area contributed by atoms with Gasteiger partial charge in [0.1, 0.15) is 0 Å². The fourth-order valence-corrected chi connectivity index (χ4v) is 1.01. The van der Waals surface area contributed by atoms with Gasteiger partial charge in [0.15, 0.2) is 12.7 Å². The minimum absolute atomic E-state index is 0.142. The Morgan fingerprint density at radius 3 is 1.54 bits per heavy atom. The molecule has 2 atom stereocenters. The van der Waals surface area contributed by atoms with E-state index in [0.29, 0.717) is 0 Å². The topological polar surface area (TPSA) is 54.5 Å². The minimum atomic E-state index is -0.142. The van der Waals surface area contributed by atoms with Crippen LogP contribution in [-0.2, 0) is 9.47 Å². The highest BCUT2D eigenvalue weighted by atomic mass is 16.5. The van der Waals surface area contributed by atoms with E-state index in [9.17, 15) is 0 Å². The van der Waals surface area contributed by atoms with Crippen LogP contribution in [0.1, 0.15) is 20.8 Å². The molecule has 0 bridgehead atoms. The summed E-state index contributed by atoms with van der Waals surface area (Å²) in [7, 11) is 3.27. The molecule has 0 aromatic heterocycles. The molecule has 5 nitrogen and oxygen atoms in total. The Labute approximate surface area is 80.2 Å². The first kappa shape index (κ1) is 12.8. The maximum absolute atomic E-state index is 5.05. The molecule has 1 saturated heterocycles. The van der Waals surface area contributed by atoms with Gasteiger partial charge >= 0.3 is 0 Å². The van der Waals surface area contributed by atoms with Crippen LogP contribution in [0.5, 0.6) is 0 Å². The molecule has 0 spiro atoms. The summed E-state index contributed by atoms with van der Waals surface area (Å²) < 4.78 is 10.1. The predicted molar refractivity (Wildman–Crippen MR) is 51.8 cm³/mol. The average Bonchev–Trinajstić information content (AvgIpc) is 2.20. The molecule has 80 valence electrons. The molecule has 0 saturated carbocycles. The summed E-state index contributed by atoms with van der Waals surface area (Å²) in [4.78, 5) is 0. The van der Waals surface area contributed by atoms with Crippen molar-refractivity contribution < 1.29 is 9.47 Å². The van der Waals surface area contributed by atoms with Gasteiger partial charge in [-0.3, -0.25) is 10.6 Å². The van der Waals surface area contributed by atoms with Gasteiger partial charge in [-0.05, 0) is 6.92 Å². The van der Waals surface area contributed by atoms with Crippen molar-refractivity contribution >= 4 is 0 Å². The Balaban J connectivity index is 0.000000671. The van der Waals surface area contributed by atoms with Gasteiger partial charge < -0.3 is 9.47 Å². The summed E-state index contributed by atoms with van der Waals surface area (Å²) in [5.41, 5.74) is 0. The van der Waals surface area contributed by atoms with Crippen molar-refractivity contribution in [2.24, 2.45) is 0 Å². The largest absolute Gasteiger partial charge is 0.353 e. The third-order valence-electron chi connectivity index (χ3n) is 1.58. The van der Waals surface area contributed by atoms with Crippen LogP contribution in [0.15, 0.2) is 0 Å². The van der Waals surface area contributed by atoms with Gasteiger partial charge in [0.2, 0.25) is 0 Å². The number of nitrogens with one attached hydrogen (secondary N) is 3. The fraction of sp³-hybridized carbons (Fsp3) is 1.00. The van der Waals surface area contributed by atoms with Crippen molar-refractivity contribution in [3.8, 4) is 0 Å². The van der Waals surface area contributed by atoms with Gasteiger partial charge in [0.05, 0.1) is 6.17 Å². The van der Waals surface area contributed by atoms with E-state index in [0.717, 1.165) is 0 Å². The molecular formula is C8H21N3O2. The van der Waals surface area contributed by atoms with Crippen molar-refractivity contribution in [1.82, 2.24) is 16.0 Å². The van der Waals surface area contributed by atoms with E-state index in [4.69, 9.17) is 9.47 Å². The summed E-state index contributed by atoms with van der Waals surface area (Å²) >= 11 is 0. The molecule has 0 aromatic rings. The molecule has 1 aliphatic rings. The molecule has 0 aromatic carbocycles. The van der Waals surface area contributed by atoms with Crippen LogP contribution < -0.4 is 16.0 Å². The molecule has 2 unspecified atom stereocenters. The van der Waals surface area contributed by atoms with Gasteiger partial charge in [-0.2, -0.15) is 0 Å². The van der Waals surface area contributed by atoms with Crippen molar-refractivity contribution in [3.05, 3.63) is 0 Å². The third kappa shape index (κ3) is 4.54. The average molecular weight is 191 g/mol. The predicted octanol–water partition coefficient (Wildman–Crippen LogP) is 0.00100. The standard InChI is InChI=1S/C6H15N3O2.C2H6/c1-4-7-5(10-2)9-6(8-4)11-3;1-2/h4-9H,1-3H3;1-2H3. The lowest BCUT2D eigenvalue weighted by molar-refractivity contribution is -0.0809. The third-order valence-corrected chi connectivity index (χ3v) is 1.58. The molecule has 1 aliphatic heterocycles. The zero-order valence-electron chi connectivity index (χ0n) is 9.05. The number of ether oxygens (including phenoxy) is 2. The molecule has 0 radical (unpaired) electrons. The molecule has 1 fully saturated rings. The van der Waals surface area contributed by atoms with E-state index in [2.05, 4.69) is 16.0 Å². The monoisotopic (exact) mass is 191 g/mol. The Morgan fingerprint density at radius 2 is 1.23 bits per heavy atom. The van der Waals surface area contributed by atoms with Crippen molar-refractivity contribution in [2.45, 2.75) is 39.6 Å². The lowest BCUT2D eigenvalue weighted by Gasteiger charge is -2.35. The van der Waals surface area contributed by atoms with E-state index in [-0.39, 0.29) is 18.9 Å². The maximum Gasteiger partial charge on any atom is 0.167 e. The molecule has 0 aliphatic carbocycles. The number of methoxy groups -OCH3 is 2. The highest BCUT2D eigenvalue weighted by Gasteiger charge is 2.22. The van der Waals surface area contributed by atoms with E-state index in [1.807, 2.05) is 20.8 Å². The zero-order chi connectivity index (χ0) is 10.3. The van der Waals surface area contributed by atoms with Crippen LogP contribution in [0.25, 0.3) is 0 Å². The zero-order valence-corrected chi connectivity index (χ0v) is 9.05. The quantitative estimate of drug-likeness (QED) is 0.573. The maximum atomic E-state index is 5.05. The van der Waals surface area contributed by atoms with Crippen LogP contribution in [0, 0.1) is 0 Å². The van der Waals surface area contributed by atoms with Gasteiger partial charge in [0, 0.05) is 14.2 Å². The lowest BCUT2D eigenvalue weighted by atomic mass is 10.5. The summed E-state index contributed by atoms with van der Waals surface area (Å²) in [6.07, 6.45) is -0.0986. The molecule has 1 heterocycles. The van der Waals surface area contributed by atoms with Crippen molar-refractivity contribution in [1.29, 1.82) is 0 Å². The minimum Gasteiger partial charge on any atom is -0.353 e. The summed E-state index contributed by atoms with van der Waals surface area (Å²) in [6.45, 7) is 6.00. The molecular weight excluding hydrogens is 170 g/mol. The Hall–Kier alpha value is -0.200. The SMILES string of the molecule is CC.COC1NC(C)NC(OC)N1. The van der Waals surface area contributed by atoms with Crippen molar-refractivity contribution in [3.63, 3.8) is 0 Å². The van der Waals surface area contributed by atoms with E-state index < -0.39 is 0 Å². The van der Waals surface area contributed by atoms with Crippen LogP contribution in [0.4, 0.5) is 0 Å². The Bertz CT molecular complexity index is 112. The van der Waals surface area contributed by atoms with Gasteiger partial charge in [-0.25, -0.2) is 5.32 Å². The number of hydrogen-bond acceptors (Lipinski definition) is 5. The molecule has 5 heteroatoms. The Morgan fingerprint density at radius 1 is 0.846 bits per heavy atom. The first-order valence-corrected chi connectivity index (χ1v) is 4.60. The van der Waals surface area contributed by atoms with Gasteiger partial charge in [0.25, 0.3) is 0 Å². The van der Waals surface area contributed by atoms with E-state index >= 15 is 0 Å². The molecule has 3 N–H and O–H groups in total. The summed E-state index contributed by atoms with van der Waals surface area (Å²) in [6, 6.07) is 0. The van der Waals surface area contributed by atoms with Gasteiger partial charge in [-0.1, -0.05) is 13.8 Å². The first-order chi connectivity index (χ1) is 6.26. The van der Waals surface area contributed by atoms with Crippen LogP contribution in [0.2, 0.25) is 0 Å². The fourth-order valence-electron chi connectivity index (χ4n) is 1.01. The smallest absolute Gasteiger partial charge is 0.167 e. The van der Waals surface area contributed by atoms with Crippen molar-refractivity contribution in [2.75, 3.05) is 14.2 Å². The van der Waals surface area contributed by atoms with E-state index in [1.165, 1.54) is 0 Å². The number of rotatable bonds is 2. The Kier molecular flexibility index (Phi) is 7.12. The highest BCUT2D eigenvalue weighted by Crippen LogP contribution is 1.94. The first-order valence-electron chi connectivity index (χ1n) is 4.60. The second-order valence-electron chi connectivity index (χ2n) is 2.45. The lowest BCUT2D eigenvalue weighted by Crippen LogP contribution is -2.67. The summed E-state index contributed by atoms with van der Waals surface area (Å²) in [5, 5.41) is 9.23. The summed E-state index contributed by atoms with van der Waals surface area (Å²) in [5.74, 6) is 0. The van der Waals surface area contributed by atoms with Crippen LogP contribution >= 0.6 is 0 Å². The van der Waals surface area contributed by atoms with Crippen LogP contribution in [-0.4, -0.2) is 33.1 Å². The van der Waals surface area contributed by atoms with E-state index in [1.54, 1.807) is 14.2 Å². The van der Waals surface area contributed by atoms with Gasteiger partial charge in [-0.15, -0.1) is 0 Å². The highest BCUT2D eigenvalue weighted by molar-refractivity contribution is 4.70. The normalized spacial score (nSPS) is 33.5. The second kappa shape index (κ2) is 7.23. The molecule has 13 heavy (non-hydrogen) atoms. The number of hydrogen-bond donors (Lipinski definition) is 3. The second-order valence-corrected chi connectivity index (χ2v) is 2.45. The molecule has 1 rings (SSSR count). The van der Waals surface area contributed by atoms with Crippen LogP contribution in [0.3, 0.4) is 0 Å².